The highest BCUT2D eigenvalue weighted by Crippen LogP contribution is 2.28. The molecule has 1 aliphatic carbocycles. The van der Waals surface area contributed by atoms with Crippen LogP contribution < -0.4 is 0 Å². The summed E-state index contributed by atoms with van der Waals surface area (Å²) in [4.78, 5) is 0. The second-order valence-corrected chi connectivity index (χ2v) is 12.5. The molecule has 1 fully saturated rings. The van der Waals surface area contributed by atoms with Gasteiger partial charge in [-0.15, -0.1) is 0 Å². The highest BCUT2D eigenvalue weighted by molar-refractivity contribution is 4.65. The summed E-state index contributed by atoms with van der Waals surface area (Å²) in [6.45, 7) is 2.31. The molecule has 0 radical (unpaired) electrons. The van der Waals surface area contributed by atoms with Crippen molar-refractivity contribution in [3.8, 4) is 0 Å². The molecule has 0 nitrogen and oxygen atoms in total. The van der Waals surface area contributed by atoms with Crippen LogP contribution in [0.3, 0.4) is 0 Å². The van der Waals surface area contributed by atoms with Gasteiger partial charge in [0.05, 0.1) is 0 Å². The van der Waals surface area contributed by atoms with E-state index >= 15 is 0 Å². The van der Waals surface area contributed by atoms with Crippen molar-refractivity contribution in [2.75, 3.05) is 0 Å². The zero-order chi connectivity index (χ0) is 24.9. The second-order valence-electron chi connectivity index (χ2n) is 12.5. The van der Waals surface area contributed by atoms with Crippen LogP contribution in [-0.4, -0.2) is 0 Å². The Labute approximate surface area is 224 Å². The van der Waals surface area contributed by atoms with Gasteiger partial charge in [0, 0.05) is 0 Å². The van der Waals surface area contributed by atoms with E-state index in [1.807, 2.05) is 0 Å². The summed E-state index contributed by atoms with van der Waals surface area (Å²) in [6, 6.07) is 0. The quantitative estimate of drug-likeness (QED) is 0.0956. The predicted molar refractivity (Wildman–Crippen MR) is 162 cm³/mol. The van der Waals surface area contributed by atoms with Gasteiger partial charge in [0.1, 0.15) is 0 Å². The molecule has 210 valence electrons. The van der Waals surface area contributed by atoms with Crippen LogP contribution in [0.2, 0.25) is 0 Å². The van der Waals surface area contributed by atoms with Crippen molar-refractivity contribution < 1.29 is 0 Å². The Morgan fingerprint density at radius 1 is 0.314 bits per heavy atom. The van der Waals surface area contributed by atoms with Crippen LogP contribution in [0.15, 0.2) is 0 Å². The van der Waals surface area contributed by atoms with Crippen molar-refractivity contribution in [3.05, 3.63) is 0 Å². The average Bonchev–Trinajstić information content (AvgIpc) is 2.89. The highest BCUT2D eigenvalue weighted by atomic mass is 14.2. The number of unbranched alkanes of at least 4 members (excludes halogenated alkanes) is 26. The van der Waals surface area contributed by atoms with Crippen LogP contribution in [-0.2, 0) is 0 Å². The van der Waals surface area contributed by atoms with Crippen LogP contribution in [0.25, 0.3) is 0 Å². The van der Waals surface area contributed by atoms with E-state index < -0.39 is 0 Å². The lowest BCUT2D eigenvalue weighted by Crippen LogP contribution is -2.05. The van der Waals surface area contributed by atoms with E-state index in [0.717, 1.165) is 5.92 Å². The van der Waals surface area contributed by atoms with Crippen LogP contribution in [0.5, 0.6) is 0 Å². The van der Waals surface area contributed by atoms with E-state index in [-0.39, 0.29) is 0 Å². The van der Waals surface area contributed by atoms with Gasteiger partial charge in [-0.25, -0.2) is 0 Å². The van der Waals surface area contributed by atoms with Crippen molar-refractivity contribution >= 4 is 0 Å². The van der Waals surface area contributed by atoms with Crippen molar-refractivity contribution in [2.24, 2.45) is 5.92 Å². The van der Waals surface area contributed by atoms with Gasteiger partial charge in [0.15, 0.2) is 0 Å². The van der Waals surface area contributed by atoms with Crippen LogP contribution >= 0.6 is 0 Å². The van der Waals surface area contributed by atoms with Crippen LogP contribution in [0, 0.1) is 5.92 Å². The van der Waals surface area contributed by atoms with E-state index in [0.29, 0.717) is 0 Å². The first-order valence-electron chi connectivity index (χ1n) is 17.4. The third kappa shape index (κ3) is 25.4. The monoisotopic (exact) mass is 491 g/mol. The number of rotatable bonds is 28. The summed E-state index contributed by atoms with van der Waals surface area (Å²) in [6.07, 6.45) is 49.4. The molecule has 0 aromatic carbocycles. The maximum Gasteiger partial charge on any atom is -0.0414 e. The second kappa shape index (κ2) is 28.6. The maximum absolute atomic E-state index is 2.31. The zero-order valence-corrected chi connectivity index (χ0v) is 24.9. The summed E-state index contributed by atoms with van der Waals surface area (Å²) >= 11 is 0. The number of hydrogen-bond donors (Lipinski definition) is 0. The van der Waals surface area contributed by atoms with Gasteiger partial charge in [0.25, 0.3) is 0 Å². The molecule has 0 aromatic rings. The van der Waals surface area contributed by atoms with Crippen molar-refractivity contribution in [1.82, 2.24) is 0 Å². The molecule has 0 spiro atoms. The fourth-order valence-corrected chi connectivity index (χ4v) is 6.40. The standard InChI is InChI=1S/C35H70/c1-2-3-4-5-6-7-8-9-10-11-12-13-14-15-16-17-18-19-20-21-22-23-24-25-26-27-29-32-35-33-30-28-31-34-35/h35H,2-34H2,1H3. The normalized spacial score (nSPS) is 14.7. The Bertz CT molecular complexity index is 366. The molecular formula is C35H70. The van der Waals surface area contributed by atoms with Gasteiger partial charge in [-0.1, -0.05) is 219 Å². The van der Waals surface area contributed by atoms with Gasteiger partial charge in [0.2, 0.25) is 0 Å². The molecule has 0 atom stereocenters. The summed E-state index contributed by atoms with van der Waals surface area (Å²) in [7, 11) is 0. The highest BCUT2D eigenvalue weighted by Gasteiger charge is 2.12. The van der Waals surface area contributed by atoms with Gasteiger partial charge < -0.3 is 0 Å². The Morgan fingerprint density at radius 3 is 0.857 bits per heavy atom. The molecule has 1 aliphatic rings. The summed E-state index contributed by atoms with van der Waals surface area (Å²) in [5.74, 6) is 1.10. The minimum atomic E-state index is 1.10. The predicted octanol–water partition coefficient (Wildman–Crippen LogP) is 13.5. The fourth-order valence-electron chi connectivity index (χ4n) is 6.40. The largest absolute Gasteiger partial charge is 0.0654 e. The number of hydrogen-bond acceptors (Lipinski definition) is 0. The zero-order valence-electron chi connectivity index (χ0n) is 24.9. The van der Waals surface area contributed by atoms with Crippen molar-refractivity contribution in [1.29, 1.82) is 0 Å². The first-order valence-corrected chi connectivity index (χ1v) is 17.4. The minimum Gasteiger partial charge on any atom is -0.0654 e. The van der Waals surface area contributed by atoms with E-state index in [1.54, 1.807) is 19.3 Å². The lowest BCUT2D eigenvalue weighted by molar-refractivity contribution is 0.328. The van der Waals surface area contributed by atoms with Crippen molar-refractivity contribution in [3.63, 3.8) is 0 Å². The third-order valence-corrected chi connectivity index (χ3v) is 8.94. The first-order chi connectivity index (χ1) is 17.4. The molecule has 0 amide bonds. The van der Waals surface area contributed by atoms with E-state index in [1.165, 1.54) is 193 Å². The minimum absolute atomic E-state index is 1.10. The van der Waals surface area contributed by atoms with Crippen LogP contribution in [0.4, 0.5) is 0 Å². The topological polar surface area (TPSA) is 0 Å². The molecule has 0 saturated heterocycles. The smallest absolute Gasteiger partial charge is 0.0414 e. The Morgan fingerprint density at radius 2 is 0.571 bits per heavy atom. The van der Waals surface area contributed by atoms with E-state index in [2.05, 4.69) is 6.92 Å². The molecule has 35 heavy (non-hydrogen) atoms. The maximum atomic E-state index is 2.31. The van der Waals surface area contributed by atoms with Crippen molar-refractivity contribution in [2.45, 2.75) is 219 Å². The molecule has 0 heteroatoms. The summed E-state index contributed by atoms with van der Waals surface area (Å²) in [5, 5.41) is 0. The summed E-state index contributed by atoms with van der Waals surface area (Å²) in [5.41, 5.74) is 0. The average molecular weight is 491 g/mol. The molecule has 0 unspecified atom stereocenters. The Kier molecular flexibility index (Phi) is 27.0. The van der Waals surface area contributed by atoms with Crippen LogP contribution in [0.1, 0.15) is 219 Å². The molecule has 0 heterocycles. The van der Waals surface area contributed by atoms with E-state index in [4.69, 9.17) is 0 Å². The molecule has 0 N–H and O–H groups in total. The third-order valence-electron chi connectivity index (χ3n) is 8.94. The van der Waals surface area contributed by atoms with Gasteiger partial charge in [-0.2, -0.15) is 0 Å². The lowest BCUT2D eigenvalue weighted by Gasteiger charge is -2.21. The lowest BCUT2D eigenvalue weighted by atomic mass is 9.85. The van der Waals surface area contributed by atoms with Gasteiger partial charge >= 0.3 is 0 Å². The first kappa shape index (κ1) is 33.0. The Balaban J connectivity index is 1.61. The molecule has 1 rings (SSSR count). The molecule has 0 bridgehead atoms. The fraction of sp³-hybridized carbons (Fsp3) is 1.00. The summed E-state index contributed by atoms with van der Waals surface area (Å²) < 4.78 is 0. The molecule has 0 aliphatic heterocycles. The molecule has 1 saturated carbocycles. The van der Waals surface area contributed by atoms with E-state index in [9.17, 15) is 0 Å². The molecule has 0 aromatic heterocycles. The van der Waals surface area contributed by atoms with Gasteiger partial charge in [-0.3, -0.25) is 0 Å². The SMILES string of the molecule is CCCCCCCCCCCCCCCCCCCCCCCCCCCCCC1CCCCC1. The van der Waals surface area contributed by atoms with Gasteiger partial charge in [-0.05, 0) is 5.92 Å². The molecular weight excluding hydrogens is 420 g/mol. The Hall–Kier alpha value is 0.